The molecule has 0 saturated carbocycles. The van der Waals surface area contributed by atoms with Crippen LogP contribution in [0.25, 0.3) is 0 Å². The van der Waals surface area contributed by atoms with Crippen molar-refractivity contribution in [1.82, 2.24) is 0 Å². The number of hydrogen-bond donors (Lipinski definition) is 2. The van der Waals surface area contributed by atoms with Crippen molar-refractivity contribution in [3.8, 4) is 0 Å². The van der Waals surface area contributed by atoms with Gasteiger partial charge in [-0.25, -0.2) is 0 Å². The Hall–Kier alpha value is -0.566. The zero-order chi connectivity index (χ0) is 11.7. The number of carboxylic acids is 2. The number of carboxylic acid groups (broad SMARTS) is 2. The van der Waals surface area contributed by atoms with Crippen molar-refractivity contribution in [2.24, 2.45) is 11.8 Å². The van der Waals surface area contributed by atoms with E-state index in [9.17, 15) is 9.59 Å². The fraction of sp³-hybridized carbons (Fsp3) is 0.800. The molecule has 0 aromatic rings. The standard InChI is InChI=1S/2C5H10O2.Ni/c2*1-3-4(2)5(6)7;/h2*4H,3H2,1-2H3,(H,6,7);. The molecule has 2 unspecified atom stereocenters. The van der Waals surface area contributed by atoms with Crippen LogP contribution in [0.3, 0.4) is 0 Å². The van der Waals surface area contributed by atoms with E-state index in [1.165, 1.54) is 0 Å². The predicted molar refractivity (Wildman–Crippen MR) is 54.2 cm³/mol. The van der Waals surface area contributed by atoms with Gasteiger partial charge >= 0.3 is 11.9 Å². The molecule has 0 aliphatic carbocycles. The molecule has 0 aromatic heterocycles. The zero-order valence-electron chi connectivity index (χ0n) is 9.60. The topological polar surface area (TPSA) is 74.6 Å². The number of rotatable bonds is 4. The smallest absolute Gasteiger partial charge is 0.306 e. The molecule has 4 nitrogen and oxygen atoms in total. The Balaban J connectivity index is -0.000000180. The Labute approximate surface area is 101 Å². The van der Waals surface area contributed by atoms with Crippen LogP contribution >= 0.6 is 0 Å². The van der Waals surface area contributed by atoms with Gasteiger partial charge in [0.2, 0.25) is 0 Å². The maximum absolute atomic E-state index is 9.93. The van der Waals surface area contributed by atoms with E-state index in [1.54, 1.807) is 13.8 Å². The minimum atomic E-state index is -0.706. The van der Waals surface area contributed by atoms with E-state index in [0.717, 1.165) is 12.8 Å². The van der Waals surface area contributed by atoms with E-state index < -0.39 is 11.9 Å². The summed E-state index contributed by atoms with van der Waals surface area (Å²) in [6.07, 6.45) is 1.44. The van der Waals surface area contributed by atoms with Gasteiger partial charge in [0.25, 0.3) is 0 Å². The molecule has 2 N–H and O–H groups in total. The Morgan fingerprint density at radius 1 is 0.933 bits per heavy atom. The number of hydrogen-bond acceptors (Lipinski definition) is 2. The van der Waals surface area contributed by atoms with Gasteiger partial charge in [-0.1, -0.05) is 27.7 Å². The first-order valence-corrected chi connectivity index (χ1v) is 4.82. The molecule has 0 aliphatic heterocycles. The Morgan fingerprint density at radius 3 is 1.13 bits per heavy atom. The maximum atomic E-state index is 9.93. The summed E-state index contributed by atoms with van der Waals surface area (Å²) in [6.45, 7) is 7.11. The quantitative estimate of drug-likeness (QED) is 0.762. The summed E-state index contributed by atoms with van der Waals surface area (Å²) in [5, 5.41) is 16.4. The van der Waals surface area contributed by atoms with Crippen molar-refractivity contribution in [3.05, 3.63) is 0 Å². The molecule has 0 saturated heterocycles. The molecule has 15 heavy (non-hydrogen) atoms. The predicted octanol–water partition coefficient (Wildman–Crippen LogP) is 2.23. The summed E-state index contributed by atoms with van der Waals surface area (Å²) in [6, 6.07) is 0. The fourth-order valence-electron chi connectivity index (χ4n) is 0.349. The number of carbonyl (C=O) groups is 2. The van der Waals surface area contributed by atoms with Gasteiger partial charge in [0.15, 0.2) is 0 Å². The van der Waals surface area contributed by atoms with Gasteiger partial charge in [-0.05, 0) is 12.8 Å². The molecule has 0 aromatic carbocycles. The molecule has 94 valence electrons. The molecule has 0 aliphatic rings. The summed E-state index contributed by atoms with van der Waals surface area (Å²) in [5.41, 5.74) is 0. The van der Waals surface area contributed by atoms with Crippen LogP contribution in [0.1, 0.15) is 40.5 Å². The van der Waals surface area contributed by atoms with E-state index in [4.69, 9.17) is 10.2 Å². The second-order valence-corrected chi connectivity index (χ2v) is 3.30. The van der Waals surface area contributed by atoms with Crippen LogP contribution < -0.4 is 0 Å². The minimum absolute atomic E-state index is 0. The second kappa shape index (κ2) is 11.5. The Kier molecular flexibility index (Phi) is 15.3. The fourth-order valence-corrected chi connectivity index (χ4v) is 0.349. The van der Waals surface area contributed by atoms with Crippen LogP contribution in [0.2, 0.25) is 0 Å². The third-order valence-corrected chi connectivity index (χ3v) is 2.07. The first-order chi connectivity index (χ1) is 6.36. The van der Waals surface area contributed by atoms with Crippen molar-refractivity contribution < 1.29 is 36.3 Å². The molecule has 0 spiro atoms. The van der Waals surface area contributed by atoms with E-state index in [2.05, 4.69) is 0 Å². The zero-order valence-corrected chi connectivity index (χ0v) is 10.6. The molecule has 0 radical (unpaired) electrons. The first-order valence-electron chi connectivity index (χ1n) is 4.82. The average molecular weight is 263 g/mol. The first kappa shape index (κ1) is 19.9. The molecular formula is C10H20NiO4. The van der Waals surface area contributed by atoms with Crippen LogP contribution in [-0.2, 0) is 26.1 Å². The third kappa shape index (κ3) is 13.4. The van der Waals surface area contributed by atoms with Gasteiger partial charge in [0.1, 0.15) is 0 Å². The summed E-state index contributed by atoms with van der Waals surface area (Å²) >= 11 is 0. The van der Waals surface area contributed by atoms with Gasteiger partial charge < -0.3 is 10.2 Å². The maximum Gasteiger partial charge on any atom is 0.306 e. The van der Waals surface area contributed by atoms with Crippen LogP contribution in [0, 0.1) is 11.8 Å². The molecule has 0 fully saturated rings. The van der Waals surface area contributed by atoms with Crippen molar-refractivity contribution in [2.75, 3.05) is 0 Å². The largest absolute Gasteiger partial charge is 0.481 e. The van der Waals surface area contributed by atoms with Crippen molar-refractivity contribution >= 4 is 11.9 Å². The molecular weight excluding hydrogens is 243 g/mol. The van der Waals surface area contributed by atoms with Crippen molar-refractivity contribution in [3.63, 3.8) is 0 Å². The van der Waals surface area contributed by atoms with Crippen LogP contribution in [0.5, 0.6) is 0 Å². The van der Waals surface area contributed by atoms with Gasteiger partial charge in [-0.15, -0.1) is 0 Å². The van der Waals surface area contributed by atoms with Gasteiger partial charge in [0, 0.05) is 16.5 Å². The van der Waals surface area contributed by atoms with Gasteiger partial charge in [-0.3, -0.25) is 9.59 Å². The SMILES string of the molecule is CCC(C)C(=O)O.CCC(C)C(=O)O.[Ni]. The monoisotopic (exact) mass is 262 g/mol. The average Bonchev–Trinajstić information content (AvgIpc) is 2.15. The molecule has 0 heterocycles. The minimum Gasteiger partial charge on any atom is -0.481 e. The normalized spacial score (nSPS) is 12.5. The van der Waals surface area contributed by atoms with Crippen LogP contribution in [0.4, 0.5) is 0 Å². The van der Waals surface area contributed by atoms with Crippen LogP contribution in [0.15, 0.2) is 0 Å². The Bertz CT molecular complexity index is 162. The second-order valence-electron chi connectivity index (χ2n) is 3.30. The summed E-state index contributed by atoms with van der Waals surface area (Å²) < 4.78 is 0. The van der Waals surface area contributed by atoms with E-state index >= 15 is 0 Å². The molecule has 0 rings (SSSR count). The molecule has 0 amide bonds. The summed E-state index contributed by atoms with van der Waals surface area (Å²) in [7, 11) is 0. The molecule has 0 bridgehead atoms. The van der Waals surface area contributed by atoms with Gasteiger partial charge in [-0.2, -0.15) is 0 Å². The van der Waals surface area contributed by atoms with Crippen molar-refractivity contribution in [2.45, 2.75) is 40.5 Å². The Morgan fingerprint density at radius 2 is 1.13 bits per heavy atom. The van der Waals surface area contributed by atoms with E-state index in [1.807, 2.05) is 13.8 Å². The number of aliphatic carboxylic acids is 2. The van der Waals surface area contributed by atoms with E-state index in [-0.39, 0.29) is 28.3 Å². The van der Waals surface area contributed by atoms with Crippen molar-refractivity contribution in [1.29, 1.82) is 0 Å². The van der Waals surface area contributed by atoms with Gasteiger partial charge in [0.05, 0.1) is 11.8 Å². The summed E-state index contributed by atoms with van der Waals surface area (Å²) in [4.78, 5) is 19.9. The molecule has 5 heteroatoms. The van der Waals surface area contributed by atoms with E-state index in [0.29, 0.717) is 0 Å². The molecule has 2 atom stereocenters. The third-order valence-electron chi connectivity index (χ3n) is 2.07. The summed E-state index contributed by atoms with van der Waals surface area (Å²) in [5.74, 6) is -1.77. The van der Waals surface area contributed by atoms with Crippen LogP contribution in [-0.4, -0.2) is 22.2 Å².